The third-order valence-corrected chi connectivity index (χ3v) is 4.43. The van der Waals surface area contributed by atoms with Gasteiger partial charge in [-0.2, -0.15) is 0 Å². The van der Waals surface area contributed by atoms with E-state index < -0.39 is 48.1 Å². The molecule has 0 aliphatic carbocycles. The Morgan fingerprint density at radius 1 is 1.44 bits per heavy atom. The quantitative estimate of drug-likeness (QED) is 0.299. The SMILES string of the molecule is C#C[C@@]1(O)[C@@H](COC(Cc2ccoc2)(C(C)=O)C(=O)OCC)OC(O)[C@@H]1O. The van der Waals surface area contributed by atoms with Crippen LogP contribution < -0.4 is 0 Å². The molecule has 0 spiro atoms. The van der Waals surface area contributed by atoms with Crippen LogP contribution in [-0.2, 0) is 30.2 Å². The summed E-state index contributed by atoms with van der Waals surface area (Å²) in [5.41, 5.74) is -3.80. The van der Waals surface area contributed by atoms with Crippen LogP contribution in [-0.4, -0.2) is 70.0 Å². The summed E-state index contributed by atoms with van der Waals surface area (Å²) in [5, 5.41) is 29.8. The summed E-state index contributed by atoms with van der Waals surface area (Å²) in [7, 11) is 0. The first-order valence-electron chi connectivity index (χ1n) is 8.26. The number of rotatable bonds is 8. The summed E-state index contributed by atoms with van der Waals surface area (Å²) in [6.45, 7) is 2.17. The van der Waals surface area contributed by atoms with Crippen molar-refractivity contribution < 1.29 is 43.5 Å². The van der Waals surface area contributed by atoms with E-state index in [4.69, 9.17) is 25.1 Å². The summed E-state index contributed by atoms with van der Waals surface area (Å²) in [6.07, 6.45) is 2.86. The number of aliphatic hydroxyl groups excluding tert-OH is 2. The molecule has 1 aromatic heterocycles. The molecule has 0 radical (unpaired) electrons. The van der Waals surface area contributed by atoms with Crippen molar-refractivity contribution in [1.29, 1.82) is 0 Å². The molecule has 3 N–H and O–H groups in total. The second-order valence-electron chi connectivity index (χ2n) is 6.15. The number of terminal acetylenes is 1. The van der Waals surface area contributed by atoms with Gasteiger partial charge in [0, 0.05) is 6.42 Å². The summed E-state index contributed by atoms with van der Waals surface area (Å²) in [6, 6.07) is 1.55. The van der Waals surface area contributed by atoms with Crippen LogP contribution in [0, 0.1) is 12.3 Å². The van der Waals surface area contributed by atoms with Crippen molar-refractivity contribution in [1.82, 2.24) is 0 Å². The van der Waals surface area contributed by atoms with E-state index in [1.54, 1.807) is 13.0 Å². The molecule has 9 nitrogen and oxygen atoms in total. The monoisotopic (exact) mass is 382 g/mol. The highest BCUT2D eigenvalue weighted by Gasteiger charge is 2.56. The Balaban J connectivity index is 2.30. The minimum absolute atomic E-state index is 0.00819. The van der Waals surface area contributed by atoms with E-state index in [0.717, 1.165) is 6.92 Å². The Morgan fingerprint density at radius 3 is 2.67 bits per heavy atom. The number of carbonyl (C=O) groups is 2. The molecule has 2 unspecified atom stereocenters. The van der Waals surface area contributed by atoms with Crippen LogP contribution in [0.1, 0.15) is 19.4 Å². The van der Waals surface area contributed by atoms with Gasteiger partial charge in [-0.1, -0.05) is 5.92 Å². The van der Waals surface area contributed by atoms with E-state index in [2.05, 4.69) is 0 Å². The number of Topliss-reactive ketones (excluding diaryl/α,β-unsaturated/α-hetero) is 1. The zero-order valence-electron chi connectivity index (χ0n) is 15.0. The molecule has 1 saturated heterocycles. The second kappa shape index (κ2) is 8.21. The molecule has 148 valence electrons. The largest absolute Gasteiger partial charge is 0.472 e. The maximum absolute atomic E-state index is 12.6. The van der Waals surface area contributed by atoms with Crippen LogP contribution in [0.25, 0.3) is 0 Å². The van der Waals surface area contributed by atoms with Crippen LogP contribution in [0.15, 0.2) is 23.0 Å². The summed E-state index contributed by atoms with van der Waals surface area (Å²) >= 11 is 0. The van der Waals surface area contributed by atoms with Crippen molar-refractivity contribution in [3.8, 4) is 12.3 Å². The molecule has 1 fully saturated rings. The Labute approximate surface area is 155 Å². The van der Waals surface area contributed by atoms with Gasteiger partial charge in [0.1, 0.15) is 12.2 Å². The van der Waals surface area contributed by atoms with Gasteiger partial charge in [-0.3, -0.25) is 4.79 Å². The highest BCUT2D eigenvalue weighted by atomic mass is 16.7. The fraction of sp³-hybridized carbons (Fsp3) is 0.556. The number of ketones is 1. The molecule has 2 heterocycles. The number of hydrogen-bond acceptors (Lipinski definition) is 9. The van der Waals surface area contributed by atoms with Crippen molar-refractivity contribution in [2.75, 3.05) is 13.2 Å². The molecular formula is C18H22O9. The van der Waals surface area contributed by atoms with E-state index in [9.17, 15) is 24.9 Å². The molecule has 0 amide bonds. The Bertz CT molecular complexity index is 707. The zero-order chi connectivity index (χ0) is 20.2. The Hall–Kier alpha value is -2.22. The first kappa shape index (κ1) is 21.1. The summed E-state index contributed by atoms with van der Waals surface area (Å²) < 4.78 is 20.6. The van der Waals surface area contributed by atoms with E-state index in [1.807, 2.05) is 5.92 Å². The van der Waals surface area contributed by atoms with E-state index in [-0.39, 0.29) is 13.0 Å². The molecule has 0 aromatic carbocycles. The third kappa shape index (κ3) is 3.90. The van der Waals surface area contributed by atoms with Crippen LogP contribution in [0.3, 0.4) is 0 Å². The van der Waals surface area contributed by atoms with Crippen molar-refractivity contribution in [3.05, 3.63) is 24.2 Å². The smallest absolute Gasteiger partial charge is 0.346 e. The van der Waals surface area contributed by atoms with Gasteiger partial charge < -0.3 is 33.9 Å². The maximum atomic E-state index is 12.6. The van der Waals surface area contributed by atoms with Gasteiger partial charge in [-0.15, -0.1) is 6.42 Å². The number of hydrogen-bond donors (Lipinski definition) is 3. The molecule has 27 heavy (non-hydrogen) atoms. The molecule has 9 heteroatoms. The Morgan fingerprint density at radius 2 is 2.15 bits per heavy atom. The first-order valence-corrected chi connectivity index (χ1v) is 8.26. The molecule has 2 rings (SSSR count). The highest BCUT2D eigenvalue weighted by Crippen LogP contribution is 2.32. The van der Waals surface area contributed by atoms with Crippen molar-refractivity contribution in [2.45, 2.75) is 50.0 Å². The zero-order valence-corrected chi connectivity index (χ0v) is 15.0. The van der Waals surface area contributed by atoms with Crippen LogP contribution >= 0.6 is 0 Å². The third-order valence-electron chi connectivity index (χ3n) is 4.43. The fourth-order valence-electron chi connectivity index (χ4n) is 2.80. The number of carbonyl (C=O) groups excluding carboxylic acids is 2. The van der Waals surface area contributed by atoms with Gasteiger partial charge in [-0.25, -0.2) is 4.79 Å². The van der Waals surface area contributed by atoms with E-state index in [0.29, 0.717) is 5.56 Å². The van der Waals surface area contributed by atoms with Crippen LogP contribution in [0.4, 0.5) is 0 Å². The summed E-state index contributed by atoms with van der Waals surface area (Å²) in [4.78, 5) is 24.9. The average Bonchev–Trinajstić information content (AvgIpc) is 3.21. The highest BCUT2D eigenvalue weighted by molar-refractivity contribution is 6.06. The van der Waals surface area contributed by atoms with Gasteiger partial charge in [0.05, 0.1) is 25.7 Å². The van der Waals surface area contributed by atoms with Gasteiger partial charge in [0.15, 0.2) is 17.7 Å². The molecule has 5 atom stereocenters. The van der Waals surface area contributed by atoms with Crippen molar-refractivity contribution in [2.24, 2.45) is 0 Å². The number of esters is 1. The first-order chi connectivity index (χ1) is 12.7. The molecular weight excluding hydrogens is 360 g/mol. The molecule has 1 aliphatic heterocycles. The number of aliphatic hydroxyl groups is 3. The number of furan rings is 1. The number of ether oxygens (including phenoxy) is 3. The lowest BCUT2D eigenvalue weighted by Crippen LogP contribution is -2.55. The van der Waals surface area contributed by atoms with E-state index >= 15 is 0 Å². The van der Waals surface area contributed by atoms with Crippen LogP contribution in [0.2, 0.25) is 0 Å². The van der Waals surface area contributed by atoms with Gasteiger partial charge >= 0.3 is 5.97 Å². The van der Waals surface area contributed by atoms with Gasteiger partial charge in [0.25, 0.3) is 0 Å². The molecule has 0 bridgehead atoms. The molecule has 1 aromatic rings. The van der Waals surface area contributed by atoms with Gasteiger partial charge in [0.2, 0.25) is 5.60 Å². The van der Waals surface area contributed by atoms with E-state index in [1.165, 1.54) is 12.5 Å². The Kier molecular flexibility index (Phi) is 6.41. The molecule has 0 saturated carbocycles. The van der Waals surface area contributed by atoms with Crippen molar-refractivity contribution >= 4 is 11.8 Å². The topological polar surface area (TPSA) is 136 Å². The average molecular weight is 382 g/mol. The summed E-state index contributed by atoms with van der Waals surface area (Å²) in [5.74, 6) is 0.384. The fourth-order valence-corrected chi connectivity index (χ4v) is 2.80. The minimum Gasteiger partial charge on any atom is -0.472 e. The lowest BCUT2D eigenvalue weighted by atomic mass is 9.90. The van der Waals surface area contributed by atoms with Gasteiger partial charge in [-0.05, 0) is 25.5 Å². The predicted molar refractivity (Wildman–Crippen MR) is 89.1 cm³/mol. The van der Waals surface area contributed by atoms with Crippen LogP contribution in [0.5, 0.6) is 0 Å². The molecule has 1 aliphatic rings. The predicted octanol–water partition coefficient (Wildman–Crippen LogP) is -0.828. The minimum atomic E-state index is -2.26. The lowest BCUT2D eigenvalue weighted by Gasteiger charge is -2.32. The standard InChI is InChI=1S/C18H22O9/c1-4-17(23)13(27-15(21)14(17)20)10-26-18(11(3)19,16(22)25-5-2)8-12-6-7-24-9-12/h1,6-7,9,13-15,20-21,23H,5,8,10H2,2-3H3/t13-,14+,15?,17-,18?/m1/s1. The lowest BCUT2D eigenvalue weighted by molar-refractivity contribution is -0.187. The second-order valence-corrected chi connectivity index (χ2v) is 6.15. The van der Waals surface area contributed by atoms with Crippen molar-refractivity contribution in [3.63, 3.8) is 0 Å². The normalized spacial score (nSPS) is 29.7. The maximum Gasteiger partial charge on any atom is 0.346 e.